The van der Waals surface area contributed by atoms with Crippen LogP contribution in [0.1, 0.15) is 40.1 Å². The molecule has 0 unspecified atom stereocenters. The summed E-state index contributed by atoms with van der Waals surface area (Å²) in [7, 11) is 1.63. The van der Waals surface area contributed by atoms with Crippen molar-refractivity contribution in [2.24, 2.45) is 5.10 Å². The SMILES string of the molecule is COc1ccc(CCCC(=O)N/N=C\c2ccc(-c3ccc(Cl)c(C(=O)O)c3)o2)c(C)c1. The van der Waals surface area contributed by atoms with Gasteiger partial charge in [0.1, 0.15) is 17.3 Å². The first-order valence-corrected chi connectivity index (χ1v) is 10.3. The Kier molecular flexibility index (Phi) is 7.68. The molecule has 8 heteroatoms. The smallest absolute Gasteiger partial charge is 0.337 e. The zero-order chi connectivity index (χ0) is 23.1. The van der Waals surface area contributed by atoms with E-state index < -0.39 is 5.97 Å². The molecule has 0 aliphatic rings. The average molecular weight is 455 g/mol. The Morgan fingerprint density at radius 1 is 1.19 bits per heavy atom. The third-order valence-electron chi connectivity index (χ3n) is 4.89. The lowest BCUT2D eigenvalue weighted by molar-refractivity contribution is -0.121. The summed E-state index contributed by atoms with van der Waals surface area (Å²) in [5.41, 5.74) is 5.36. The number of carbonyl (C=O) groups excluding carboxylic acids is 1. The number of rotatable bonds is 9. The van der Waals surface area contributed by atoms with Crippen molar-refractivity contribution in [3.63, 3.8) is 0 Å². The van der Waals surface area contributed by atoms with Crippen molar-refractivity contribution in [3.05, 3.63) is 76.0 Å². The molecule has 0 radical (unpaired) electrons. The van der Waals surface area contributed by atoms with Gasteiger partial charge in [-0.3, -0.25) is 4.79 Å². The predicted octanol–water partition coefficient (Wildman–Crippen LogP) is 5.09. The van der Waals surface area contributed by atoms with Crippen LogP contribution in [0.15, 0.2) is 58.0 Å². The van der Waals surface area contributed by atoms with Crippen molar-refractivity contribution in [1.29, 1.82) is 0 Å². The summed E-state index contributed by atoms with van der Waals surface area (Å²) >= 11 is 5.90. The maximum Gasteiger partial charge on any atom is 0.337 e. The molecule has 2 N–H and O–H groups in total. The summed E-state index contributed by atoms with van der Waals surface area (Å²) < 4.78 is 10.9. The topological polar surface area (TPSA) is 101 Å². The number of hydrogen-bond donors (Lipinski definition) is 2. The summed E-state index contributed by atoms with van der Waals surface area (Å²) in [6, 6.07) is 13.9. The number of carbonyl (C=O) groups is 2. The van der Waals surface area contributed by atoms with Crippen LogP contribution in [0, 0.1) is 6.92 Å². The molecule has 0 bridgehead atoms. The normalized spacial score (nSPS) is 11.0. The fraction of sp³-hybridized carbons (Fsp3) is 0.208. The molecular weight excluding hydrogens is 432 g/mol. The molecule has 0 aliphatic carbocycles. The molecule has 3 rings (SSSR count). The van der Waals surface area contributed by atoms with Gasteiger partial charge in [0, 0.05) is 12.0 Å². The van der Waals surface area contributed by atoms with Crippen molar-refractivity contribution in [1.82, 2.24) is 5.43 Å². The van der Waals surface area contributed by atoms with Crippen LogP contribution < -0.4 is 10.2 Å². The van der Waals surface area contributed by atoms with E-state index in [0.29, 0.717) is 29.9 Å². The van der Waals surface area contributed by atoms with Gasteiger partial charge in [-0.25, -0.2) is 10.2 Å². The lowest BCUT2D eigenvalue weighted by atomic mass is 10.0. The lowest BCUT2D eigenvalue weighted by Gasteiger charge is -2.07. The summed E-state index contributed by atoms with van der Waals surface area (Å²) in [5, 5.41) is 13.3. The van der Waals surface area contributed by atoms with Gasteiger partial charge in [0.25, 0.3) is 0 Å². The van der Waals surface area contributed by atoms with E-state index in [2.05, 4.69) is 10.5 Å². The quantitative estimate of drug-likeness (QED) is 0.346. The number of nitrogens with one attached hydrogen (secondary N) is 1. The second-order valence-electron chi connectivity index (χ2n) is 7.14. The van der Waals surface area contributed by atoms with Crippen molar-refractivity contribution >= 4 is 29.7 Å². The number of furan rings is 1. The Morgan fingerprint density at radius 3 is 2.72 bits per heavy atom. The molecule has 0 fully saturated rings. The summed E-state index contributed by atoms with van der Waals surface area (Å²) in [6.45, 7) is 2.02. The highest BCUT2D eigenvalue weighted by Crippen LogP contribution is 2.26. The fourth-order valence-electron chi connectivity index (χ4n) is 3.16. The number of methoxy groups -OCH3 is 1. The highest BCUT2D eigenvalue weighted by Gasteiger charge is 2.12. The highest BCUT2D eigenvalue weighted by atomic mass is 35.5. The summed E-state index contributed by atoms with van der Waals surface area (Å²) in [6.07, 6.45) is 3.22. The first-order chi connectivity index (χ1) is 15.4. The maximum absolute atomic E-state index is 12.0. The second-order valence-corrected chi connectivity index (χ2v) is 7.55. The Bertz CT molecular complexity index is 1150. The minimum absolute atomic E-state index is 0.00659. The molecule has 1 amide bonds. The predicted molar refractivity (Wildman–Crippen MR) is 123 cm³/mol. The summed E-state index contributed by atoms with van der Waals surface area (Å²) in [4.78, 5) is 23.3. The molecule has 1 heterocycles. The van der Waals surface area contributed by atoms with Crippen LogP contribution in [0.25, 0.3) is 11.3 Å². The van der Waals surface area contributed by atoms with Crippen molar-refractivity contribution in [3.8, 4) is 17.1 Å². The van der Waals surface area contributed by atoms with E-state index in [1.807, 2.05) is 25.1 Å². The Morgan fingerprint density at radius 2 is 2.00 bits per heavy atom. The molecule has 0 saturated heterocycles. The zero-order valence-corrected chi connectivity index (χ0v) is 18.5. The molecule has 1 aromatic heterocycles. The number of hydrogen-bond acceptors (Lipinski definition) is 5. The van der Waals surface area contributed by atoms with E-state index in [0.717, 1.165) is 17.7 Å². The largest absolute Gasteiger partial charge is 0.497 e. The average Bonchev–Trinajstić information content (AvgIpc) is 3.23. The van der Waals surface area contributed by atoms with Crippen molar-refractivity contribution in [2.45, 2.75) is 26.2 Å². The standard InChI is InChI=1S/C24H23ClN2O5/c1-15-12-18(31-2)8-6-16(15)4-3-5-23(28)27-26-14-19-9-11-22(32-19)17-7-10-21(25)20(13-17)24(29)30/h6-14H,3-5H2,1-2H3,(H,27,28)(H,29,30)/b26-14-. The fourth-order valence-corrected chi connectivity index (χ4v) is 3.36. The Hall–Kier alpha value is -3.58. The number of amides is 1. The van der Waals surface area contributed by atoms with Crippen LogP contribution in [0.4, 0.5) is 0 Å². The lowest BCUT2D eigenvalue weighted by Crippen LogP contribution is -2.17. The van der Waals surface area contributed by atoms with Gasteiger partial charge < -0.3 is 14.3 Å². The maximum atomic E-state index is 12.0. The van der Waals surface area contributed by atoms with E-state index in [1.54, 1.807) is 25.3 Å². The number of halogens is 1. The van der Waals surface area contributed by atoms with Gasteiger partial charge in [0.05, 0.1) is 23.9 Å². The van der Waals surface area contributed by atoms with E-state index in [4.69, 9.17) is 20.8 Å². The van der Waals surface area contributed by atoms with Gasteiger partial charge in [-0.1, -0.05) is 17.7 Å². The van der Waals surface area contributed by atoms with Crippen LogP contribution in [0.2, 0.25) is 5.02 Å². The molecule has 166 valence electrons. The first-order valence-electron chi connectivity index (χ1n) is 9.96. The molecule has 0 atom stereocenters. The molecule has 7 nitrogen and oxygen atoms in total. The Balaban J connectivity index is 1.50. The Labute approximate surface area is 190 Å². The van der Waals surface area contributed by atoms with Gasteiger partial charge in [-0.05, 0) is 73.4 Å². The third-order valence-corrected chi connectivity index (χ3v) is 5.22. The molecule has 0 spiro atoms. The van der Waals surface area contributed by atoms with Crippen LogP contribution in [0.5, 0.6) is 5.75 Å². The molecule has 0 saturated carbocycles. The van der Waals surface area contributed by atoms with Gasteiger partial charge in [-0.15, -0.1) is 0 Å². The zero-order valence-electron chi connectivity index (χ0n) is 17.7. The molecule has 32 heavy (non-hydrogen) atoms. The minimum Gasteiger partial charge on any atom is -0.497 e. The number of aryl methyl sites for hydroxylation is 2. The highest BCUT2D eigenvalue weighted by molar-refractivity contribution is 6.33. The second kappa shape index (κ2) is 10.6. The van der Waals surface area contributed by atoms with E-state index >= 15 is 0 Å². The summed E-state index contributed by atoms with van der Waals surface area (Å²) in [5.74, 6) is 0.392. The van der Waals surface area contributed by atoms with Gasteiger partial charge >= 0.3 is 5.97 Å². The third kappa shape index (κ3) is 5.98. The number of carboxylic acid groups (broad SMARTS) is 1. The molecule has 3 aromatic rings. The van der Waals surface area contributed by atoms with Gasteiger partial charge in [0.2, 0.25) is 5.91 Å². The van der Waals surface area contributed by atoms with E-state index in [-0.39, 0.29) is 16.5 Å². The van der Waals surface area contributed by atoms with Gasteiger partial charge in [-0.2, -0.15) is 5.10 Å². The van der Waals surface area contributed by atoms with E-state index in [1.165, 1.54) is 23.9 Å². The number of ether oxygens (including phenoxy) is 1. The molecule has 2 aromatic carbocycles. The number of carboxylic acids is 1. The van der Waals surface area contributed by atoms with Gasteiger partial charge in [0.15, 0.2) is 0 Å². The van der Waals surface area contributed by atoms with Crippen LogP contribution >= 0.6 is 11.6 Å². The molecule has 0 aliphatic heterocycles. The number of benzene rings is 2. The van der Waals surface area contributed by atoms with Crippen LogP contribution in [-0.4, -0.2) is 30.3 Å². The first kappa shape index (κ1) is 23.1. The molecular formula is C24H23ClN2O5. The minimum atomic E-state index is -1.12. The van der Waals surface area contributed by atoms with Crippen LogP contribution in [0.3, 0.4) is 0 Å². The van der Waals surface area contributed by atoms with Crippen molar-refractivity contribution in [2.75, 3.05) is 7.11 Å². The van der Waals surface area contributed by atoms with Crippen molar-refractivity contribution < 1.29 is 23.8 Å². The monoisotopic (exact) mass is 454 g/mol. The number of hydrazone groups is 1. The number of nitrogens with zero attached hydrogens (tertiary/aromatic N) is 1. The number of aromatic carboxylic acids is 1. The van der Waals surface area contributed by atoms with E-state index in [9.17, 15) is 14.7 Å². The van der Waals surface area contributed by atoms with Crippen LogP contribution in [-0.2, 0) is 11.2 Å².